The molecule has 0 bridgehead atoms. The van der Waals surface area contributed by atoms with Gasteiger partial charge in [0.1, 0.15) is 17.2 Å². The molecule has 208 valence electrons. The Kier molecular flexibility index (Phi) is 14.9. The molecule has 0 saturated carbocycles. The highest BCUT2D eigenvalue weighted by Gasteiger charge is 2.16. The van der Waals surface area contributed by atoms with Crippen molar-refractivity contribution in [3.63, 3.8) is 0 Å². The Balaban J connectivity index is 1.49. The van der Waals surface area contributed by atoms with E-state index in [9.17, 15) is 18.6 Å². The summed E-state index contributed by atoms with van der Waals surface area (Å²) in [5.74, 6) is 0.216. The Labute approximate surface area is 224 Å². The number of rotatable bonds is 21. The van der Waals surface area contributed by atoms with Crippen LogP contribution in [0.15, 0.2) is 47.4 Å². The van der Waals surface area contributed by atoms with Gasteiger partial charge in [-0.05, 0) is 42.8 Å². The molecule has 6 nitrogen and oxygen atoms in total. The van der Waals surface area contributed by atoms with Crippen LogP contribution >= 0.6 is 0 Å². The Morgan fingerprint density at radius 3 is 1.68 bits per heavy atom. The molecule has 0 fully saturated rings. The molecule has 0 aliphatic rings. The zero-order chi connectivity index (χ0) is 26.8. The average Bonchev–Trinajstić information content (AvgIpc) is 2.88. The normalized spacial score (nSPS) is 11.5. The van der Waals surface area contributed by atoms with Crippen molar-refractivity contribution < 1.29 is 23.4 Å². The number of anilines is 1. The maximum Gasteiger partial charge on any atom is 0.262 e. The molecular weight excluding hydrogens is 486 g/mol. The highest BCUT2D eigenvalue weighted by molar-refractivity contribution is 7.92. The summed E-state index contributed by atoms with van der Waals surface area (Å²) in [5.41, 5.74) is -0.0798. The molecule has 0 radical (unpaired) electrons. The Morgan fingerprint density at radius 1 is 0.676 bits per heavy atom. The van der Waals surface area contributed by atoms with Crippen LogP contribution in [0, 0.1) is 0 Å². The van der Waals surface area contributed by atoms with Crippen LogP contribution in [0.1, 0.15) is 110 Å². The van der Waals surface area contributed by atoms with Crippen molar-refractivity contribution in [3.05, 3.63) is 42.5 Å². The lowest BCUT2D eigenvalue weighted by Crippen LogP contribution is -2.13. The maximum absolute atomic E-state index is 12.6. The topological polar surface area (TPSA) is 95.9 Å². The first-order chi connectivity index (χ1) is 17.9. The van der Waals surface area contributed by atoms with Crippen molar-refractivity contribution in [2.75, 3.05) is 11.3 Å². The minimum Gasteiger partial charge on any atom is -0.508 e. The zero-order valence-electron chi connectivity index (χ0n) is 22.6. The fourth-order valence-corrected chi connectivity index (χ4v) is 5.43. The quantitative estimate of drug-likeness (QED) is 0.0849. The van der Waals surface area contributed by atoms with Crippen LogP contribution in [0.5, 0.6) is 17.2 Å². The van der Waals surface area contributed by atoms with Gasteiger partial charge in [0.25, 0.3) is 10.0 Å². The van der Waals surface area contributed by atoms with Gasteiger partial charge < -0.3 is 14.9 Å². The third-order valence-electron chi connectivity index (χ3n) is 6.63. The molecule has 0 unspecified atom stereocenters. The SMILES string of the molecule is CCCCCCCCCCCCCCCCCCOc1ccc(S(=O)(=O)Nc2cc(O)ccc2O)cc1. The first-order valence-electron chi connectivity index (χ1n) is 14.2. The number of unbranched alkanes of at least 4 members (excludes halogenated alkanes) is 15. The molecule has 7 heteroatoms. The minimum absolute atomic E-state index is 0.0463. The highest BCUT2D eigenvalue weighted by Crippen LogP contribution is 2.29. The van der Waals surface area contributed by atoms with Crippen LogP contribution in [-0.4, -0.2) is 25.2 Å². The summed E-state index contributed by atoms with van der Waals surface area (Å²) in [6.45, 7) is 2.88. The lowest BCUT2D eigenvalue weighted by atomic mass is 10.0. The number of benzene rings is 2. The monoisotopic (exact) mass is 533 g/mol. The molecule has 0 aliphatic heterocycles. The van der Waals surface area contributed by atoms with Gasteiger partial charge in [0.05, 0.1) is 17.2 Å². The summed E-state index contributed by atoms with van der Waals surface area (Å²) in [4.78, 5) is 0.0463. The molecule has 0 spiro atoms. The van der Waals surface area contributed by atoms with Crippen LogP contribution in [0.2, 0.25) is 0 Å². The van der Waals surface area contributed by atoms with Gasteiger partial charge in [-0.2, -0.15) is 0 Å². The Morgan fingerprint density at radius 2 is 1.16 bits per heavy atom. The second-order valence-corrected chi connectivity index (χ2v) is 11.6. The molecule has 0 saturated heterocycles. The first-order valence-corrected chi connectivity index (χ1v) is 15.7. The van der Waals surface area contributed by atoms with E-state index in [1.165, 1.54) is 114 Å². The van der Waals surface area contributed by atoms with E-state index in [-0.39, 0.29) is 22.1 Å². The van der Waals surface area contributed by atoms with Crippen molar-refractivity contribution in [2.45, 2.75) is 115 Å². The number of hydrogen-bond acceptors (Lipinski definition) is 5. The maximum atomic E-state index is 12.6. The molecular formula is C30H47NO5S. The van der Waals surface area contributed by atoms with Crippen molar-refractivity contribution in [2.24, 2.45) is 0 Å². The van der Waals surface area contributed by atoms with Crippen molar-refractivity contribution in [3.8, 4) is 17.2 Å². The largest absolute Gasteiger partial charge is 0.508 e. The molecule has 0 aliphatic carbocycles. The predicted octanol–water partition coefficient (Wildman–Crippen LogP) is 8.54. The van der Waals surface area contributed by atoms with E-state index in [0.29, 0.717) is 12.4 Å². The summed E-state index contributed by atoms with van der Waals surface area (Å²) in [6, 6.07) is 9.84. The summed E-state index contributed by atoms with van der Waals surface area (Å²) < 4.78 is 33.2. The number of phenols is 2. The fourth-order valence-electron chi connectivity index (χ4n) is 4.36. The van der Waals surface area contributed by atoms with Gasteiger partial charge in [-0.25, -0.2) is 8.42 Å². The van der Waals surface area contributed by atoms with Gasteiger partial charge in [0.15, 0.2) is 0 Å². The van der Waals surface area contributed by atoms with Crippen LogP contribution in [-0.2, 0) is 10.0 Å². The minimum atomic E-state index is -3.90. The molecule has 2 aromatic carbocycles. The van der Waals surface area contributed by atoms with E-state index in [0.717, 1.165) is 18.9 Å². The summed E-state index contributed by atoms with van der Waals surface area (Å²) >= 11 is 0. The summed E-state index contributed by atoms with van der Waals surface area (Å²) in [5, 5.41) is 19.3. The number of hydrogen-bond donors (Lipinski definition) is 3. The van der Waals surface area contributed by atoms with E-state index in [4.69, 9.17) is 4.74 Å². The van der Waals surface area contributed by atoms with Gasteiger partial charge in [-0.3, -0.25) is 4.72 Å². The molecule has 2 aromatic rings. The van der Waals surface area contributed by atoms with Gasteiger partial charge in [0, 0.05) is 6.07 Å². The highest BCUT2D eigenvalue weighted by atomic mass is 32.2. The zero-order valence-corrected chi connectivity index (χ0v) is 23.4. The second kappa shape index (κ2) is 17.9. The van der Waals surface area contributed by atoms with E-state index in [2.05, 4.69) is 11.6 Å². The lowest BCUT2D eigenvalue weighted by molar-refractivity contribution is 0.304. The number of phenolic OH excluding ortho intramolecular Hbond substituents is 2. The van der Waals surface area contributed by atoms with Crippen LogP contribution in [0.3, 0.4) is 0 Å². The van der Waals surface area contributed by atoms with Gasteiger partial charge >= 0.3 is 0 Å². The third-order valence-corrected chi connectivity index (χ3v) is 8.01. The molecule has 2 rings (SSSR count). The van der Waals surface area contributed by atoms with Gasteiger partial charge in [-0.1, -0.05) is 103 Å². The molecule has 37 heavy (non-hydrogen) atoms. The standard InChI is InChI=1S/C30H47NO5S/c1-2-3-4-5-6-7-8-9-10-11-12-13-14-15-16-17-24-36-27-19-21-28(22-20-27)37(34,35)31-29-25-26(32)18-23-30(29)33/h18-23,25,31-33H,2-17,24H2,1H3. The third kappa shape index (κ3) is 13.1. The number of ether oxygens (including phenoxy) is 1. The first kappa shape index (κ1) is 30.8. The molecule has 0 atom stereocenters. The van der Waals surface area contributed by atoms with Crippen LogP contribution in [0.4, 0.5) is 5.69 Å². The van der Waals surface area contributed by atoms with Crippen molar-refractivity contribution >= 4 is 15.7 Å². The second-order valence-electron chi connectivity index (χ2n) is 9.93. The van der Waals surface area contributed by atoms with Gasteiger partial charge in [-0.15, -0.1) is 0 Å². The van der Waals surface area contributed by atoms with Crippen LogP contribution < -0.4 is 9.46 Å². The molecule has 0 aromatic heterocycles. The number of sulfonamides is 1. The number of nitrogens with one attached hydrogen (secondary N) is 1. The predicted molar refractivity (Wildman–Crippen MR) is 152 cm³/mol. The number of aromatic hydroxyl groups is 2. The summed E-state index contributed by atoms with van der Waals surface area (Å²) in [6.07, 6.45) is 21.3. The van der Waals surface area contributed by atoms with Crippen molar-refractivity contribution in [1.29, 1.82) is 0 Å². The van der Waals surface area contributed by atoms with E-state index < -0.39 is 10.0 Å². The lowest BCUT2D eigenvalue weighted by Gasteiger charge is -2.11. The van der Waals surface area contributed by atoms with Gasteiger partial charge in [0.2, 0.25) is 0 Å². The Hall–Kier alpha value is -2.41. The fraction of sp³-hybridized carbons (Fsp3) is 0.600. The van der Waals surface area contributed by atoms with E-state index in [1.807, 2.05) is 0 Å². The van der Waals surface area contributed by atoms with Crippen LogP contribution in [0.25, 0.3) is 0 Å². The molecule has 0 amide bonds. The molecule has 0 heterocycles. The van der Waals surface area contributed by atoms with E-state index in [1.54, 1.807) is 12.1 Å². The van der Waals surface area contributed by atoms with E-state index >= 15 is 0 Å². The average molecular weight is 534 g/mol. The van der Waals surface area contributed by atoms with Crippen molar-refractivity contribution in [1.82, 2.24) is 0 Å². The Bertz CT molecular complexity index is 976. The summed E-state index contributed by atoms with van der Waals surface area (Å²) in [7, 11) is -3.90. The molecule has 3 N–H and O–H groups in total. The smallest absolute Gasteiger partial charge is 0.262 e.